The minimum absolute atomic E-state index is 0.737. The minimum Gasteiger partial charge on any atom is -0.481 e. The highest BCUT2D eigenvalue weighted by molar-refractivity contribution is 7.98. The quantitative estimate of drug-likeness (QED) is 0.580. The average Bonchev–Trinajstić information content (AvgIpc) is 2.27. The van der Waals surface area contributed by atoms with E-state index in [9.17, 15) is 0 Å². The topological polar surface area (TPSA) is 47.0 Å². The lowest BCUT2D eigenvalue weighted by atomic mass is 10.1. The van der Waals surface area contributed by atoms with E-state index in [1.807, 2.05) is 6.26 Å². The molecule has 0 aliphatic carbocycles. The summed E-state index contributed by atoms with van der Waals surface area (Å²) in [6.07, 6.45) is 2.92. The Morgan fingerprint density at radius 3 is 3.00 bits per heavy atom. The van der Waals surface area contributed by atoms with Crippen molar-refractivity contribution in [2.75, 3.05) is 19.9 Å². The number of hydrogen-bond acceptors (Lipinski definition) is 5. The average molecular weight is 211 g/mol. The van der Waals surface area contributed by atoms with Crippen LogP contribution in [0, 0.1) is 0 Å². The standard InChI is InChI=1S/C9H13N3OS/c1-13-8-6-3-4-10-5-7(6)11-9(12-8)14-2/h10H,3-5H2,1-2H3. The summed E-state index contributed by atoms with van der Waals surface area (Å²) in [5, 5.41) is 4.07. The van der Waals surface area contributed by atoms with Gasteiger partial charge in [0.05, 0.1) is 12.8 Å². The van der Waals surface area contributed by atoms with Crippen molar-refractivity contribution < 1.29 is 4.74 Å². The molecule has 0 aromatic carbocycles. The summed E-state index contributed by atoms with van der Waals surface area (Å²) >= 11 is 1.54. The van der Waals surface area contributed by atoms with Crippen LogP contribution in [0.3, 0.4) is 0 Å². The third-order valence-electron chi connectivity index (χ3n) is 2.25. The van der Waals surface area contributed by atoms with E-state index in [-0.39, 0.29) is 0 Å². The molecule has 0 spiro atoms. The van der Waals surface area contributed by atoms with Gasteiger partial charge in [-0.2, -0.15) is 4.98 Å². The third kappa shape index (κ3) is 1.69. The Labute approximate surface area is 87.5 Å². The van der Waals surface area contributed by atoms with Crippen molar-refractivity contribution in [3.05, 3.63) is 11.3 Å². The molecular formula is C9H13N3OS. The molecule has 76 valence electrons. The van der Waals surface area contributed by atoms with Gasteiger partial charge in [-0.1, -0.05) is 11.8 Å². The Morgan fingerprint density at radius 2 is 2.29 bits per heavy atom. The van der Waals surface area contributed by atoms with Gasteiger partial charge in [-0.05, 0) is 19.2 Å². The number of ether oxygens (including phenoxy) is 1. The van der Waals surface area contributed by atoms with Crippen LogP contribution < -0.4 is 10.1 Å². The second kappa shape index (κ2) is 4.14. The maximum absolute atomic E-state index is 5.26. The second-order valence-electron chi connectivity index (χ2n) is 3.07. The number of fused-ring (bicyclic) bond motifs is 1. The van der Waals surface area contributed by atoms with Crippen molar-refractivity contribution >= 4 is 11.8 Å². The van der Waals surface area contributed by atoms with E-state index in [0.29, 0.717) is 0 Å². The predicted molar refractivity (Wildman–Crippen MR) is 55.8 cm³/mol. The van der Waals surface area contributed by atoms with E-state index >= 15 is 0 Å². The van der Waals surface area contributed by atoms with Crippen molar-refractivity contribution in [2.45, 2.75) is 18.1 Å². The van der Waals surface area contributed by atoms with Crippen LogP contribution >= 0.6 is 11.8 Å². The summed E-state index contributed by atoms with van der Waals surface area (Å²) in [4.78, 5) is 8.77. The molecule has 2 heterocycles. The molecule has 2 rings (SSSR count). The molecule has 1 aliphatic rings. The van der Waals surface area contributed by atoms with Gasteiger partial charge in [0.2, 0.25) is 5.88 Å². The van der Waals surface area contributed by atoms with Gasteiger partial charge < -0.3 is 10.1 Å². The van der Waals surface area contributed by atoms with Crippen LogP contribution in [0.5, 0.6) is 5.88 Å². The molecule has 0 radical (unpaired) electrons. The maximum atomic E-state index is 5.26. The largest absolute Gasteiger partial charge is 0.481 e. The van der Waals surface area contributed by atoms with E-state index in [0.717, 1.165) is 41.8 Å². The summed E-state index contributed by atoms with van der Waals surface area (Å²) in [7, 11) is 1.66. The van der Waals surface area contributed by atoms with Crippen LogP contribution in [0.2, 0.25) is 0 Å². The van der Waals surface area contributed by atoms with Crippen molar-refractivity contribution in [3.63, 3.8) is 0 Å². The van der Waals surface area contributed by atoms with Gasteiger partial charge in [0.1, 0.15) is 0 Å². The second-order valence-corrected chi connectivity index (χ2v) is 3.85. The molecule has 5 heteroatoms. The van der Waals surface area contributed by atoms with Gasteiger partial charge in [0.15, 0.2) is 5.16 Å². The molecule has 0 amide bonds. The van der Waals surface area contributed by atoms with Crippen LogP contribution in [0.4, 0.5) is 0 Å². The van der Waals surface area contributed by atoms with Gasteiger partial charge >= 0.3 is 0 Å². The Balaban J connectivity index is 2.47. The fourth-order valence-corrected chi connectivity index (χ4v) is 1.94. The number of nitrogens with zero attached hydrogens (tertiary/aromatic N) is 2. The highest BCUT2D eigenvalue weighted by Gasteiger charge is 2.17. The number of methoxy groups -OCH3 is 1. The first-order valence-electron chi connectivity index (χ1n) is 4.53. The molecule has 4 nitrogen and oxygen atoms in total. The maximum Gasteiger partial charge on any atom is 0.220 e. The zero-order chi connectivity index (χ0) is 9.97. The van der Waals surface area contributed by atoms with Crippen molar-refractivity contribution in [2.24, 2.45) is 0 Å². The lowest BCUT2D eigenvalue weighted by Crippen LogP contribution is -2.25. The van der Waals surface area contributed by atoms with Crippen LogP contribution in [0.25, 0.3) is 0 Å². The summed E-state index contributed by atoms with van der Waals surface area (Å²) in [5.74, 6) is 0.737. The number of nitrogens with one attached hydrogen (secondary N) is 1. The molecule has 0 bridgehead atoms. The normalized spacial score (nSPS) is 15.0. The summed E-state index contributed by atoms with van der Waals surface area (Å²) < 4.78 is 5.26. The fourth-order valence-electron chi connectivity index (χ4n) is 1.56. The SMILES string of the molecule is COc1nc(SC)nc2c1CCNC2. The molecule has 1 aromatic rings. The minimum atomic E-state index is 0.737. The van der Waals surface area contributed by atoms with Crippen molar-refractivity contribution in [1.82, 2.24) is 15.3 Å². The van der Waals surface area contributed by atoms with E-state index < -0.39 is 0 Å². The van der Waals surface area contributed by atoms with E-state index in [4.69, 9.17) is 4.74 Å². The molecular weight excluding hydrogens is 198 g/mol. The Kier molecular flexibility index (Phi) is 2.88. The Morgan fingerprint density at radius 1 is 1.43 bits per heavy atom. The van der Waals surface area contributed by atoms with Gasteiger partial charge in [-0.15, -0.1) is 0 Å². The van der Waals surface area contributed by atoms with Crippen molar-refractivity contribution in [1.29, 1.82) is 0 Å². The molecule has 0 unspecified atom stereocenters. The Hall–Kier alpha value is -0.810. The summed E-state index contributed by atoms with van der Waals surface area (Å²) in [6, 6.07) is 0. The molecule has 0 saturated heterocycles. The zero-order valence-electron chi connectivity index (χ0n) is 8.33. The lowest BCUT2D eigenvalue weighted by Gasteiger charge is -2.18. The molecule has 0 fully saturated rings. The molecule has 0 atom stereocenters. The van der Waals surface area contributed by atoms with Crippen LogP contribution in [0.1, 0.15) is 11.3 Å². The summed E-state index contributed by atoms with van der Waals surface area (Å²) in [6.45, 7) is 1.80. The third-order valence-corrected chi connectivity index (χ3v) is 2.80. The first-order chi connectivity index (χ1) is 6.85. The number of aromatic nitrogens is 2. The number of rotatable bonds is 2. The van der Waals surface area contributed by atoms with Crippen LogP contribution in [-0.4, -0.2) is 29.9 Å². The van der Waals surface area contributed by atoms with E-state index in [1.165, 1.54) is 0 Å². The van der Waals surface area contributed by atoms with Crippen LogP contribution in [0.15, 0.2) is 5.16 Å². The zero-order valence-corrected chi connectivity index (χ0v) is 9.15. The molecule has 1 N–H and O–H groups in total. The molecule has 1 aromatic heterocycles. The smallest absolute Gasteiger partial charge is 0.220 e. The Bertz CT molecular complexity index is 326. The lowest BCUT2D eigenvalue weighted by molar-refractivity contribution is 0.381. The predicted octanol–water partition coefficient (Wildman–Crippen LogP) is 0.853. The highest BCUT2D eigenvalue weighted by Crippen LogP contribution is 2.24. The van der Waals surface area contributed by atoms with E-state index in [1.54, 1.807) is 18.9 Å². The van der Waals surface area contributed by atoms with Crippen molar-refractivity contribution in [3.8, 4) is 5.88 Å². The van der Waals surface area contributed by atoms with Gasteiger partial charge in [0.25, 0.3) is 0 Å². The fraction of sp³-hybridized carbons (Fsp3) is 0.556. The first-order valence-corrected chi connectivity index (χ1v) is 5.76. The molecule has 14 heavy (non-hydrogen) atoms. The monoisotopic (exact) mass is 211 g/mol. The molecule has 1 aliphatic heterocycles. The number of thioether (sulfide) groups is 1. The highest BCUT2D eigenvalue weighted by atomic mass is 32.2. The van der Waals surface area contributed by atoms with E-state index in [2.05, 4.69) is 15.3 Å². The molecule has 0 saturated carbocycles. The first kappa shape index (κ1) is 9.73. The number of hydrogen-bond donors (Lipinski definition) is 1. The van der Waals surface area contributed by atoms with Gasteiger partial charge in [-0.25, -0.2) is 4.98 Å². The van der Waals surface area contributed by atoms with Gasteiger partial charge in [0, 0.05) is 12.1 Å². The summed E-state index contributed by atoms with van der Waals surface area (Å²) in [5.41, 5.74) is 2.23. The van der Waals surface area contributed by atoms with Crippen LogP contribution in [-0.2, 0) is 13.0 Å². The van der Waals surface area contributed by atoms with Gasteiger partial charge in [-0.3, -0.25) is 0 Å².